The first kappa shape index (κ1) is 17.1. The molecule has 0 aliphatic rings. The zero-order valence-corrected chi connectivity index (χ0v) is 11.3. The number of hydrogen-bond acceptors (Lipinski definition) is 0. The van der Waals surface area contributed by atoms with E-state index in [1.807, 2.05) is 0 Å². The molecule has 2 rings (SSSR count). The number of rotatable bonds is 4. The van der Waals surface area contributed by atoms with E-state index >= 15 is 0 Å². The van der Waals surface area contributed by atoms with E-state index in [1.54, 1.807) is 0 Å². The summed E-state index contributed by atoms with van der Waals surface area (Å²) in [6.45, 7) is 0. The van der Waals surface area contributed by atoms with Crippen molar-refractivity contribution >= 4 is 5.83 Å². The first-order valence-corrected chi connectivity index (χ1v) is 6.30. The second-order valence-corrected chi connectivity index (χ2v) is 4.67. The Labute approximate surface area is 126 Å². The summed E-state index contributed by atoms with van der Waals surface area (Å²) in [5.41, 5.74) is -2.68. The summed E-state index contributed by atoms with van der Waals surface area (Å²) >= 11 is 0. The Morgan fingerprint density at radius 1 is 0.609 bits per heavy atom. The van der Waals surface area contributed by atoms with Crippen LogP contribution in [0.15, 0.2) is 60.7 Å². The van der Waals surface area contributed by atoms with Crippen molar-refractivity contribution in [3.8, 4) is 0 Å². The maximum atomic E-state index is 14.1. The van der Waals surface area contributed by atoms with Gasteiger partial charge in [0.05, 0.1) is 0 Å². The quantitative estimate of drug-likeness (QED) is 0.592. The maximum absolute atomic E-state index is 14.1. The summed E-state index contributed by atoms with van der Waals surface area (Å²) in [5, 5.41) is 0. The molecule has 0 saturated carbocycles. The predicted octanol–water partition coefficient (Wildman–Crippen LogP) is 6.11. The van der Waals surface area contributed by atoms with Crippen molar-refractivity contribution in [2.45, 2.75) is 11.8 Å². The summed E-state index contributed by atoms with van der Waals surface area (Å²) in [6.07, 6.45) is -2.63. The van der Waals surface area contributed by atoms with Crippen LogP contribution in [0.5, 0.6) is 0 Å². The van der Waals surface area contributed by atoms with Crippen molar-refractivity contribution in [1.82, 2.24) is 0 Å². The molecule has 0 fully saturated rings. The highest BCUT2D eigenvalue weighted by molar-refractivity contribution is 5.60. The third-order valence-electron chi connectivity index (χ3n) is 3.20. The van der Waals surface area contributed by atoms with Gasteiger partial charge in [0.15, 0.2) is 5.83 Å². The molecular formula is C16H9F7. The van der Waals surface area contributed by atoms with Gasteiger partial charge in [-0.25, -0.2) is 4.39 Å². The molecule has 2 aromatic rings. The van der Waals surface area contributed by atoms with Crippen LogP contribution in [-0.2, 0) is 11.8 Å². The van der Waals surface area contributed by atoms with Crippen molar-refractivity contribution in [3.63, 3.8) is 0 Å². The van der Waals surface area contributed by atoms with Crippen LogP contribution in [0.1, 0.15) is 16.7 Å². The predicted molar refractivity (Wildman–Crippen MR) is 70.9 cm³/mol. The average Bonchev–Trinajstić information content (AvgIpc) is 2.54. The molecule has 0 aliphatic heterocycles. The number of benzene rings is 2. The first-order chi connectivity index (χ1) is 10.7. The highest BCUT2D eigenvalue weighted by Gasteiger charge is 2.58. The van der Waals surface area contributed by atoms with Crippen molar-refractivity contribution in [3.05, 3.63) is 77.4 Å². The van der Waals surface area contributed by atoms with Gasteiger partial charge in [-0.1, -0.05) is 54.6 Å². The monoisotopic (exact) mass is 334 g/mol. The van der Waals surface area contributed by atoms with E-state index in [2.05, 4.69) is 0 Å². The first-order valence-electron chi connectivity index (χ1n) is 6.30. The van der Waals surface area contributed by atoms with Gasteiger partial charge >= 0.3 is 17.9 Å². The van der Waals surface area contributed by atoms with Crippen LogP contribution in [0.3, 0.4) is 0 Å². The Kier molecular flexibility index (Phi) is 4.49. The third-order valence-corrected chi connectivity index (χ3v) is 3.20. The van der Waals surface area contributed by atoms with Crippen molar-refractivity contribution in [1.29, 1.82) is 0 Å². The molecule has 0 N–H and O–H groups in total. The Morgan fingerprint density at radius 2 is 1.04 bits per heavy atom. The van der Waals surface area contributed by atoms with E-state index in [-0.39, 0.29) is 0 Å². The molecule has 0 unspecified atom stereocenters. The Morgan fingerprint density at radius 3 is 1.48 bits per heavy atom. The van der Waals surface area contributed by atoms with E-state index < -0.39 is 40.4 Å². The molecule has 0 heterocycles. The van der Waals surface area contributed by atoms with E-state index in [0.29, 0.717) is 24.3 Å². The van der Waals surface area contributed by atoms with E-state index in [1.165, 1.54) is 18.2 Å². The van der Waals surface area contributed by atoms with Gasteiger partial charge in [-0.15, -0.1) is 0 Å². The Bertz CT molecular complexity index is 699. The molecule has 7 heteroatoms. The zero-order valence-electron chi connectivity index (χ0n) is 11.3. The molecule has 0 amide bonds. The lowest BCUT2D eigenvalue weighted by Gasteiger charge is -2.27. The summed E-state index contributed by atoms with van der Waals surface area (Å²) in [4.78, 5) is 0. The summed E-state index contributed by atoms with van der Waals surface area (Å²) < 4.78 is 93.5. The van der Waals surface area contributed by atoms with Crippen molar-refractivity contribution in [2.24, 2.45) is 0 Å². The zero-order chi connectivity index (χ0) is 17.3. The Hall–Kier alpha value is -2.31. The van der Waals surface area contributed by atoms with Gasteiger partial charge in [0.1, 0.15) is 0 Å². The fourth-order valence-electron chi connectivity index (χ4n) is 1.95. The minimum absolute atomic E-state index is 0.495. The molecule has 0 saturated heterocycles. The fourth-order valence-corrected chi connectivity index (χ4v) is 1.95. The lowest BCUT2D eigenvalue weighted by molar-refractivity contribution is -0.223. The minimum atomic E-state index is -4.60. The normalized spacial score (nSPS) is 12.1. The molecule has 0 nitrogen and oxygen atoms in total. The molecule has 0 aliphatic carbocycles. The molecule has 0 aromatic heterocycles. The van der Waals surface area contributed by atoms with Gasteiger partial charge in [-0.05, 0) is 0 Å². The van der Waals surface area contributed by atoms with E-state index in [4.69, 9.17) is 0 Å². The maximum Gasteiger partial charge on any atom is 0.339 e. The minimum Gasteiger partial charge on any atom is -0.200 e. The average molecular weight is 334 g/mol. The van der Waals surface area contributed by atoms with Crippen LogP contribution in [0.2, 0.25) is 0 Å². The lowest BCUT2D eigenvalue weighted by Crippen LogP contribution is -2.35. The molecular weight excluding hydrogens is 325 g/mol. The van der Waals surface area contributed by atoms with Crippen molar-refractivity contribution < 1.29 is 30.7 Å². The van der Waals surface area contributed by atoms with Crippen LogP contribution >= 0.6 is 0 Å². The SMILES string of the molecule is FC(F)=C(F)c1ccc(C(F)(F)C(F)(F)c2ccccc2)cc1. The van der Waals surface area contributed by atoms with E-state index in [9.17, 15) is 30.7 Å². The number of alkyl halides is 4. The van der Waals surface area contributed by atoms with Gasteiger partial charge < -0.3 is 0 Å². The van der Waals surface area contributed by atoms with Gasteiger partial charge in [-0.3, -0.25) is 0 Å². The second-order valence-electron chi connectivity index (χ2n) is 4.67. The van der Waals surface area contributed by atoms with Gasteiger partial charge in [0.25, 0.3) is 0 Å². The van der Waals surface area contributed by atoms with Crippen LogP contribution in [0.25, 0.3) is 5.83 Å². The molecule has 2 aromatic carbocycles. The molecule has 0 radical (unpaired) electrons. The molecule has 0 spiro atoms. The largest absolute Gasteiger partial charge is 0.339 e. The summed E-state index contributed by atoms with van der Waals surface area (Å²) in [6, 6.07) is 7.65. The topological polar surface area (TPSA) is 0 Å². The molecule has 0 atom stereocenters. The van der Waals surface area contributed by atoms with Crippen LogP contribution in [0, 0.1) is 0 Å². The van der Waals surface area contributed by atoms with Crippen molar-refractivity contribution in [2.75, 3.05) is 0 Å². The molecule has 122 valence electrons. The Balaban J connectivity index is 2.42. The van der Waals surface area contributed by atoms with Crippen LogP contribution in [0.4, 0.5) is 30.7 Å². The van der Waals surface area contributed by atoms with Gasteiger partial charge in [0.2, 0.25) is 0 Å². The summed E-state index contributed by atoms with van der Waals surface area (Å²) in [5.74, 6) is -11.0. The highest BCUT2D eigenvalue weighted by Crippen LogP contribution is 2.49. The molecule has 0 bridgehead atoms. The van der Waals surface area contributed by atoms with E-state index in [0.717, 1.165) is 12.1 Å². The highest BCUT2D eigenvalue weighted by atomic mass is 19.3. The van der Waals surface area contributed by atoms with Crippen LogP contribution in [-0.4, -0.2) is 0 Å². The number of hydrogen-bond donors (Lipinski definition) is 0. The van der Waals surface area contributed by atoms with Crippen LogP contribution < -0.4 is 0 Å². The number of halogens is 7. The van der Waals surface area contributed by atoms with Gasteiger partial charge in [-0.2, -0.15) is 26.3 Å². The lowest BCUT2D eigenvalue weighted by atomic mass is 9.95. The molecule has 23 heavy (non-hydrogen) atoms. The second kappa shape index (κ2) is 6.06. The third kappa shape index (κ3) is 3.09. The standard InChI is InChI=1S/C16H9F7/c17-13(14(18)19)10-6-8-12(9-7-10)16(22,23)15(20,21)11-4-2-1-3-5-11/h1-9H. The van der Waals surface area contributed by atoms with Gasteiger partial charge in [0, 0.05) is 16.7 Å². The summed E-state index contributed by atoms with van der Waals surface area (Å²) in [7, 11) is 0. The fraction of sp³-hybridized carbons (Fsp3) is 0.125. The smallest absolute Gasteiger partial charge is 0.200 e.